The zero-order valence-electron chi connectivity index (χ0n) is 17.8. The van der Waals surface area contributed by atoms with Gasteiger partial charge in [-0.2, -0.15) is 0 Å². The molecule has 1 atom stereocenters. The standard InChI is InChI=1S/C24H20FN3O4S/c1-30-18-12-13-19(20(14-18)31-2)23-27-28-24(32-23)33-21(15-6-4-3-5-7-15)22(29)26-17-10-8-16(25)9-11-17/h3-14,21H,1-2H3,(H,26,29)/t21-/m0/s1. The summed E-state index contributed by atoms with van der Waals surface area (Å²) in [7, 11) is 3.10. The Morgan fingerprint density at radius 3 is 2.45 bits per heavy atom. The molecule has 0 bridgehead atoms. The molecule has 0 fully saturated rings. The summed E-state index contributed by atoms with van der Waals surface area (Å²) in [6.45, 7) is 0. The van der Waals surface area contributed by atoms with Crippen LogP contribution in [-0.2, 0) is 4.79 Å². The van der Waals surface area contributed by atoms with Gasteiger partial charge in [-0.05, 0) is 53.7 Å². The summed E-state index contributed by atoms with van der Waals surface area (Å²) >= 11 is 1.12. The van der Waals surface area contributed by atoms with Gasteiger partial charge < -0.3 is 19.2 Å². The van der Waals surface area contributed by atoms with Crippen molar-refractivity contribution >= 4 is 23.4 Å². The van der Waals surface area contributed by atoms with Crippen LogP contribution in [0.5, 0.6) is 11.5 Å². The van der Waals surface area contributed by atoms with Crippen molar-refractivity contribution in [2.45, 2.75) is 10.5 Å². The summed E-state index contributed by atoms with van der Waals surface area (Å²) in [6, 6.07) is 20.0. The van der Waals surface area contributed by atoms with Crippen molar-refractivity contribution in [2.24, 2.45) is 0 Å². The van der Waals surface area contributed by atoms with Gasteiger partial charge in [0.2, 0.25) is 5.91 Å². The Hall–Kier alpha value is -3.85. The van der Waals surface area contributed by atoms with Gasteiger partial charge in [0.05, 0.1) is 19.8 Å². The molecular formula is C24H20FN3O4S. The lowest BCUT2D eigenvalue weighted by Crippen LogP contribution is -2.19. The molecular weight excluding hydrogens is 445 g/mol. The molecule has 33 heavy (non-hydrogen) atoms. The second-order valence-corrected chi connectivity index (χ2v) is 7.90. The van der Waals surface area contributed by atoms with Crippen LogP contribution in [0.15, 0.2) is 82.4 Å². The smallest absolute Gasteiger partial charge is 0.277 e. The molecule has 1 N–H and O–H groups in total. The number of nitrogens with one attached hydrogen (secondary N) is 1. The number of nitrogens with zero attached hydrogens (tertiary/aromatic N) is 2. The molecule has 1 aromatic heterocycles. The summed E-state index contributed by atoms with van der Waals surface area (Å²) in [5.74, 6) is 0.714. The van der Waals surface area contributed by atoms with Crippen molar-refractivity contribution in [1.29, 1.82) is 0 Å². The van der Waals surface area contributed by atoms with Crippen LogP contribution >= 0.6 is 11.8 Å². The molecule has 0 saturated carbocycles. The van der Waals surface area contributed by atoms with Crippen molar-refractivity contribution in [2.75, 3.05) is 19.5 Å². The van der Waals surface area contributed by atoms with Crippen LogP contribution in [0.3, 0.4) is 0 Å². The molecule has 4 aromatic rings. The summed E-state index contributed by atoms with van der Waals surface area (Å²) in [5.41, 5.74) is 1.84. The van der Waals surface area contributed by atoms with E-state index in [0.29, 0.717) is 22.7 Å². The van der Waals surface area contributed by atoms with Gasteiger partial charge in [-0.3, -0.25) is 4.79 Å². The molecule has 0 aliphatic carbocycles. The molecule has 0 spiro atoms. The highest BCUT2D eigenvalue weighted by Crippen LogP contribution is 2.38. The van der Waals surface area contributed by atoms with Crippen LogP contribution in [0.1, 0.15) is 10.8 Å². The van der Waals surface area contributed by atoms with Crippen molar-refractivity contribution < 1.29 is 23.1 Å². The maximum atomic E-state index is 13.2. The summed E-state index contributed by atoms with van der Waals surface area (Å²) in [5, 5.41) is 10.6. The Labute approximate surface area is 193 Å². The normalized spacial score (nSPS) is 11.6. The number of carbonyl (C=O) groups excluding carboxylic acids is 1. The first-order valence-electron chi connectivity index (χ1n) is 9.91. The molecule has 168 valence electrons. The largest absolute Gasteiger partial charge is 0.497 e. The molecule has 7 nitrogen and oxygen atoms in total. The molecule has 0 unspecified atom stereocenters. The number of carbonyl (C=O) groups is 1. The number of aromatic nitrogens is 2. The third-order valence-electron chi connectivity index (χ3n) is 4.72. The molecule has 3 aromatic carbocycles. The van der Waals surface area contributed by atoms with Crippen LogP contribution in [0.25, 0.3) is 11.5 Å². The fourth-order valence-electron chi connectivity index (χ4n) is 3.08. The Kier molecular flexibility index (Phi) is 6.89. The minimum Gasteiger partial charge on any atom is -0.497 e. The molecule has 1 amide bonds. The Morgan fingerprint density at radius 1 is 1.00 bits per heavy atom. The number of rotatable bonds is 8. The van der Waals surface area contributed by atoms with Crippen LogP contribution in [0.4, 0.5) is 10.1 Å². The first-order chi connectivity index (χ1) is 16.1. The lowest BCUT2D eigenvalue weighted by Gasteiger charge is -2.15. The second kappa shape index (κ2) is 10.2. The van der Waals surface area contributed by atoms with Gasteiger partial charge in [0, 0.05) is 11.8 Å². The quantitative estimate of drug-likeness (QED) is 0.350. The molecule has 0 saturated heterocycles. The summed E-state index contributed by atoms with van der Waals surface area (Å²) < 4.78 is 29.7. The molecule has 0 radical (unpaired) electrons. The molecule has 0 aliphatic rings. The van der Waals surface area contributed by atoms with Gasteiger partial charge in [-0.25, -0.2) is 4.39 Å². The zero-order valence-corrected chi connectivity index (χ0v) is 18.6. The van der Waals surface area contributed by atoms with E-state index in [4.69, 9.17) is 13.9 Å². The lowest BCUT2D eigenvalue weighted by molar-refractivity contribution is -0.115. The Bertz CT molecular complexity index is 1230. The van der Waals surface area contributed by atoms with E-state index in [1.807, 2.05) is 30.3 Å². The molecule has 0 aliphatic heterocycles. The number of anilines is 1. The maximum Gasteiger partial charge on any atom is 0.277 e. The average molecular weight is 466 g/mol. The van der Waals surface area contributed by atoms with Crippen LogP contribution in [0, 0.1) is 5.82 Å². The highest BCUT2D eigenvalue weighted by atomic mass is 32.2. The lowest BCUT2D eigenvalue weighted by atomic mass is 10.1. The fraction of sp³-hybridized carbons (Fsp3) is 0.125. The minimum absolute atomic E-state index is 0.214. The number of amides is 1. The van der Waals surface area contributed by atoms with E-state index in [9.17, 15) is 9.18 Å². The molecule has 1 heterocycles. The Morgan fingerprint density at radius 2 is 1.76 bits per heavy atom. The first-order valence-corrected chi connectivity index (χ1v) is 10.8. The first kappa shape index (κ1) is 22.3. The summed E-state index contributed by atoms with van der Waals surface area (Å²) in [6.07, 6.45) is 0. The van der Waals surface area contributed by atoms with Crippen molar-refractivity contribution in [3.63, 3.8) is 0 Å². The van der Waals surface area contributed by atoms with E-state index in [0.717, 1.165) is 17.3 Å². The number of thioether (sulfide) groups is 1. The van der Waals surface area contributed by atoms with Crippen molar-refractivity contribution in [3.8, 4) is 23.0 Å². The highest BCUT2D eigenvalue weighted by Gasteiger charge is 2.26. The van der Waals surface area contributed by atoms with Gasteiger partial charge in [0.25, 0.3) is 11.1 Å². The molecule has 9 heteroatoms. The number of methoxy groups -OCH3 is 2. The van der Waals surface area contributed by atoms with E-state index in [-0.39, 0.29) is 22.8 Å². The van der Waals surface area contributed by atoms with E-state index >= 15 is 0 Å². The van der Waals surface area contributed by atoms with Gasteiger partial charge in [-0.1, -0.05) is 30.3 Å². The maximum absolute atomic E-state index is 13.2. The topological polar surface area (TPSA) is 86.5 Å². The third-order valence-corrected chi connectivity index (χ3v) is 5.81. The number of ether oxygens (including phenoxy) is 2. The van der Waals surface area contributed by atoms with E-state index in [1.165, 1.54) is 31.4 Å². The SMILES string of the molecule is COc1ccc(-c2nnc(S[C@H](C(=O)Nc3ccc(F)cc3)c3ccccc3)o2)c(OC)c1. The number of hydrogen-bond acceptors (Lipinski definition) is 7. The van der Waals surface area contributed by atoms with E-state index in [1.54, 1.807) is 25.3 Å². The van der Waals surface area contributed by atoms with Crippen molar-refractivity contribution in [1.82, 2.24) is 10.2 Å². The van der Waals surface area contributed by atoms with Crippen molar-refractivity contribution in [3.05, 3.63) is 84.2 Å². The number of hydrogen-bond donors (Lipinski definition) is 1. The Balaban J connectivity index is 1.59. The minimum atomic E-state index is -0.678. The number of benzene rings is 3. The van der Waals surface area contributed by atoms with Gasteiger partial charge in [0.1, 0.15) is 22.6 Å². The van der Waals surface area contributed by atoms with Crippen LogP contribution in [-0.4, -0.2) is 30.3 Å². The monoisotopic (exact) mass is 465 g/mol. The highest BCUT2D eigenvalue weighted by molar-refractivity contribution is 8.00. The van der Waals surface area contributed by atoms with Crippen LogP contribution in [0.2, 0.25) is 0 Å². The van der Waals surface area contributed by atoms with Gasteiger partial charge >= 0.3 is 0 Å². The predicted octanol–water partition coefficient (Wildman–Crippen LogP) is 5.37. The van der Waals surface area contributed by atoms with Gasteiger partial charge in [0.15, 0.2) is 0 Å². The average Bonchev–Trinajstić information content (AvgIpc) is 3.32. The van der Waals surface area contributed by atoms with Crippen LogP contribution < -0.4 is 14.8 Å². The van der Waals surface area contributed by atoms with E-state index < -0.39 is 5.25 Å². The van der Waals surface area contributed by atoms with Gasteiger partial charge in [-0.15, -0.1) is 10.2 Å². The molecule has 4 rings (SSSR count). The predicted molar refractivity (Wildman–Crippen MR) is 123 cm³/mol. The van der Waals surface area contributed by atoms with E-state index in [2.05, 4.69) is 15.5 Å². The fourth-order valence-corrected chi connectivity index (χ4v) is 3.96. The zero-order chi connectivity index (χ0) is 23.2. The number of halogens is 1. The third kappa shape index (κ3) is 5.32. The summed E-state index contributed by atoms with van der Waals surface area (Å²) in [4.78, 5) is 13.1. The second-order valence-electron chi connectivity index (χ2n) is 6.84.